The molecule has 222 valence electrons. The standard InChI is InChI=1S/C26H33BrN6O4.3ClH/c1-29(2)8-7-28-18-14-16-19-20-15(23(34)33(12-10-31(5)6)26(37)22(18)20)13-17(27)21(19)25(36)32(24(16)35)11-9-30(3)4;;;/h13-14,34H,7-12H2,1-6H3;3*1H. The molecular weight excluding hydrogens is 647 g/mol. The molecule has 0 spiro atoms. The van der Waals surface area contributed by atoms with E-state index in [2.05, 4.69) is 15.9 Å². The normalized spacial score (nSPS) is 12.1. The van der Waals surface area contributed by atoms with Gasteiger partial charge in [-0.15, -0.1) is 37.2 Å². The van der Waals surface area contributed by atoms with Crippen LogP contribution >= 0.6 is 53.2 Å². The maximum absolute atomic E-state index is 13.8. The zero-order valence-electron chi connectivity index (χ0n) is 23.4. The molecule has 0 unspecified atom stereocenters. The van der Waals surface area contributed by atoms with E-state index in [0.717, 1.165) is 0 Å². The molecule has 1 N–H and O–H groups in total. The Balaban J connectivity index is 0.00000267. The Morgan fingerprint density at radius 1 is 0.750 bits per heavy atom. The van der Waals surface area contributed by atoms with Gasteiger partial charge in [0.1, 0.15) is 0 Å². The van der Waals surface area contributed by atoms with Crippen molar-refractivity contribution >= 4 is 74.7 Å². The molecule has 1 aliphatic heterocycles. The van der Waals surface area contributed by atoms with Crippen molar-refractivity contribution in [2.45, 2.75) is 13.1 Å². The molecule has 1 aliphatic carbocycles. The second-order valence-electron chi connectivity index (χ2n) is 10.2. The summed E-state index contributed by atoms with van der Waals surface area (Å²) in [5.74, 6) is -0.196. The van der Waals surface area contributed by atoms with Gasteiger partial charge in [-0.2, -0.15) is 0 Å². The Morgan fingerprint density at radius 2 is 1.27 bits per heavy atom. The fourth-order valence-corrected chi connectivity index (χ4v) is 5.21. The summed E-state index contributed by atoms with van der Waals surface area (Å²) in [6.45, 7) is 2.62. The van der Waals surface area contributed by atoms with Gasteiger partial charge in [0.25, 0.3) is 16.7 Å². The molecule has 0 atom stereocenters. The van der Waals surface area contributed by atoms with Crippen LogP contribution in [0.3, 0.4) is 0 Å². The zero-order valence-corrected chi connectivity index (χ0v) is 27.4. The quantitative estimate of drug-likeness (QED) is 0.270. The largest absolute Gasteiger partial charge is 0.494 e. The Hall–Kier alpha value is -1.99. The van der Waals surface area contributed by atoms with Gasteiger partial charge in [0.05, 0.1) is 28.2 Å². The van der Waals surface area contributed by atoms with Gasteiger partial charge >= 0.3 is 0 Å². The molecule has 0 saturated carbocycles. The van der Waals surface area contributed by atoms with Crippen LogP contribution < -0.4 is 22.0 Å². The van der Waals surface area contributed by atoms with E-state index in [-0.39, 0.29) is 56.2 Å². The lowest BCUT2D eigenvalue weighted by molar-refractivity contribution is 0.353. The molecule has 0 radical (unpaired) electrons. The maximum atomic E-state index is 13.8. The summed E-state index contributed by atoms with van der Waals surface area (Å²) in [7, 11) is 11.4. The van der Waals surface area contributed by atoms with Gasteiger partial charge in [-0.05, 0) is 70.3 Å². The summed E-state index contributed by atoms with van der Waals surface area (Å²) in [5, 5.41) is 13.0. The van der Waals surface area contributed by atoms with Crippen molar-refractivity contribution in [1.29, 1.82) is 0 Å². The van der Waals surface area contributed by atoms with Crippen LogP contribution in [0.1, 0.15) is 0 Å². The third-order valence-corrected chi connectivity index (χ3v) is 7.22. The van der Waals surface area contributed by atoms with Crippen LogP contribution in [0.5, 0.6) is 5.88 Å². The average molecular weight is 683 g/mol. The number of hydrogen-bond donors (Lipinski definition) is 1. The van der Waals surface area contributed by atoms with Crippen molar-refractivity contribution in [1.82, 2.24) is 23.8 Å². The summed E-state index contributed by atoms with van der Waals surface area (Å²) in [5.41, 5.74) is -0.566. The molecule has 10 nitrogen and oxygen atoms in total. The van der Waals surface area contributed by atoms with Crippen LogP contribution in [-0.4, -0.2) is 97.4 Å². The lowest BCUT2D eigenvalue weighted by atomic mass is 9.90. The minimum atomic E-state index is -0.430. The van der Waals surface area contributed by atoms with E-state index in [4.69, 9.17) is 4.99 Å². The monoisotopic (exact) mass is 680 g/mol. The van der Waals surface area contributed by atoms with E-state index in [1.54, 1.807) is 12.1 Å². The highest BCUT2D eigenvalue weighted by atomic mass is 79.9. The van der Waals surface area contributed by atoms with Gasteiger partial charge in [0.15, 0.2) is 0 Å². The minimum absolute atomic E-state index is 0. The predicted octanol–water partition coefficient (Wildman–Crippen LogP) is 1.98. The second-order valence-corrected chi connectivity index (χ2v) is 11.0. The number of pyridine rings is 2. The summed E-state index contributed by atoms with van der Waals surface area (Å²) in [6.07, 6.45) is 0. The molecular formula is C26H36BrCl3N6O4. The smallest absolute Gasteiger partial charge is 0.263 e. The Labute approximate surface area is 259 Å². The first kappa shape index (κ1) is 36.0. The van der Waals surface area contributed by atoms with Crippen LogP contribution in [-0.2, 0) is 13.1 Å². The predicted molar refractivity (Wildman–Crippen MR) is 172 cm³/mol. The van der Waals surface area contributed by atoms with E-state index in [1.807, 2.05) is 57.0 Å². The minimum Gasteiger partial charge on any atom is -0.494 e. The van der Waals surface area contributed by atoms with Crippen molar-refractivity contribution in [3.63, 3.8) is 0 Å². The number of halogens is 4. The second kappa shape index (κ2) is 14.3. The summed E-state index contributed by atoms with van der Waals surface area (Å²) in [4.78, 5) is 51.6. The first-order valence-electron chi connectivity index (χ1n) is 12.1. The summed E-state index contributed by atoms with van der Waals surface area (Å²) < 4.78 is 3.04. The van der Waals surface area contributed by atoms with Crippen LogP contribution in [0, 0.1) is 0 Å². The highest BCUT2D eigenvalue weighted by Gasteiger charge is 2.28. The third-order valence-electron chi connectivity index (χ3n) is 6.60. The summed E-state index contributed by atoms with van der Waals surface area (Å²) in [6, 6.07) is 3.30. The lowest BCUT2D eigenvalue weighted by Gasteiger charge is -2.21. The molecule has 0 amide bonds. The van der Waals surface area contributed by atoms with Crippen LogP contribution in [0.4, 0.5) is 0 Å². The number of aromatic nitrogens is 2. The zero-order chi connectivity index (χ0) is 27.2. The molecule has 4 rings (SSSR count). The van der Waals surface area contributed by atoms with Gasteiger partial charge in [0, 0.05) is 53.5 Å². The molecule has 40 heavy (non-hydrogen) atoms. The van der Waals surface area contributed by atoms with Gasteiger partial charge in [-0.1, -0.05) is 0 Å². The molecule has 0 saturated heterocycles. The van der Waals surface area contributed by atoms with Crippen molar-refractivity contribution in [2.24, 2.45) is 4.99 Å². The molecule has 2 aliphatic rings. The van der Waals surface area contributed by atoms with Crippen LogP contribution in [0.15, 0.2) is 36.0 Å². The van der Waals surface area contributed by atoms with E-state index in [9.17, 15) is 19.5 Å². The summed E-state index contributed by atoms with van der Waals surface area (Å²) >= 11 is 3.52. The topological polar surface area (TPSA) is 103 Å². The molecule has 1 aromatic carbocycles. The van der Waals surface area contributed by atoms with Crippen molar-refractivity contribution in [2.75, 3.05) is 68.5 Å². The van der Waals surface area contributed by atoms with Crippen molar-refractivity contribution in [3.05, 3.63) is 53.0 Å². The lowest BCUT2D eigenvalue weighted by Crippen LogP contribution is -2.39. The van der Waals surface area contributed by atoms with Crippen LogP contribution in [0.25, 0.3) is 32.7 Å². The number of hydrogen-bond acceptors (Lipinski definition) is 8. The first-order valence-corrected chi connectivity index (χ1v) is 12.9. The number of nitrogens with zero attached hydrogens (tertiary/aromatic N) is 6. The third kappa shape index (κ3) is 6.56. The molecule has 0 bridgehead atoms. The van der Waals surface area contributed by atoms with Crippen molar-refractivity contribution in [3.8, 4) is 17.0 Å². The van der Waals surface area contributed by atoms with Gasteiger partial charge in [0.2, 0.25) is 5.88 Å². The van der Waals surface area contributed by atoms with E-state index in [0.29, 0.717) is 68.7 Å². The fourth-order valence-electron chi connectivity index (χ4n) is 4.61. The number of aromatic hydroxyl groups is 1. The fraction of sp³-hybridized carbons (Fsp3) is 0.462. The SMILES string of the molecule is CN(C)CCN=c1cc2c(=O)n(CCN(C)C)c(=O)c3c(Br)cc4c(O)n(CCN(C)C)c(=O)c1c4c3-2.Cl.Cl.Cl. The Kier molecular flexibility index (Phi) is 12.8. The highest BCUT2D eigenvalue weighted by molar-refractivity contribution is 9.10. The number of benzene rings is 2. The number of likely N-dealkylation sites (N-methyl/N-ethyl adjacent to an activating group) is 3. The van der Waals surface area contributed by atoms with E-state index < -0.39 is 16.7 Å². The molecule has 14 heteroatoms. The number of rotatable bonds is 9. The Morgan fingerprint density at radius 3 is 1.82 bits per heavy atom. The van der Waals surface area contributed by atoms with Gasteiger partial charge in [-0.3, -0.25) is 28.5 Å². The molecule has 2 aromatic rings. The maximum Gasteiger partial charge on any atom is 0.263 e. The van der Waals surface area contributed by atoms with Gasteiger partial charge in [-0.25, -0.2) is 0 Å². The van der Waals surface area contributed by atoms with Gasteiger partial charge < -0.3 is 19.8 Å². The van der Waals surface area contributed by atoms with Crippen LogP contribution in [0.2, 0.25) is 0 Å². The Bertz CT molecular complexity index is 1670. The van der Waals surface area contributed by atoms with Crippen molar-refractivity contribution < 1.29 is 5.11 Å². The average Bonchev–Trinajstić information content (AvgIpc) is 2.80. The molecule has 0 fully saturated rings. The molecule has 1 aromatic heterocycles. The highest BCUT2D eigenvalue weighted by Crippen LogP contribution is 2.40. The van der Waals surface area contributed by atoms with E-state index in [1.165, 1.54) is 9.13 Å². The molecule has 2 heterocycles. The first-order chi connectivity index (χ1) is 17.4. The van der Waals surface area contributed by atoms with E-state index >= 15 is 0 Å².